The van der Waals surface area contributed by atoms with Gasteiger partial charge in [-0.2, -0.15) is 0 Å². The number of carbonyl (C=O) groups excluding carboxylic acids is 1. The maximum absolute atomic E-state index is 11.0. The molecule has 0 fully saturated rings. The Hall–Kier alpha value is -1.05. The molecule has 0 bridgehead atoms. The number of allylic oxidation sites excluding steroid dienone is 2. The third-order valence-electron chi connectivity index (χ3n) is 1.79. The standard InChI is InChI=1S/C9H12O2/c1-7-4-3-5-8(6-7)9(10)11-2/h3,5,8H,1,4,6H2,2H3. The normalized spacial score (nSPS) is 23.4. The van der Waals surface area contributed by atoms with Crippen LogP contribution in [0, 0.1) is 5.92 Å². The Kier molecular flexibility index (Phi) is 2.47. The van der Waals surface area contributed by atoms with Gasteiger partial charge in [-0.1, -0.05) is 24.3 Å². The van der Waals surface area contributed by atoms with Crippen LogP contribution in [0.1, 0.15) is 12.8 Å². The second-order valence-corrected chi connectivity index (χ2v) is 2.72. The molecule has 1 aliphatic rings. The van der Waals surface area contributed by atoms with Crippen LogP contribution in [0.5, 0.6) is 0 Å². The molecule has 1 aliphatic carbocycles. The molecule has 0 aliphatic heterocycles. The molecule has 0 spiro atoms. The molecule has 60 valence electrons. The minimum absolute atomic E-state index is 0.0961. The fourth-order valence-corrected chi connectivity index (χ4v) is 1.17. The van der Waals surface area contributed by atoms with Crippen LogP contribution in [-0.2, 0) is 9.53 Å². The first-order valence-corrected chi connectivity index (χ1v) is 3.65. The summed E-state index contributed by atoms with van der Waals surface area (Å²) in [6, 6.07) is 0. The van der Waals surface area contributed by atoms with Crippen LogP contribution in [-0.4, -0.2) is 13.1 Å². The number of ether oxygens (including phenoxy) is 1. The highest BCUT2D eigenvalue weighted by molar-refractivity contribution is 5.75. The van der Waals surface area contributed by atoms with Gasteiger partial charge in [0, 0.05) is 0 Å². The fourth-order valence-electron chi connectivity index (χ4n) is 1.17. The minimum atomic E-state index is -0.165. The summed E-state index contributed by atoms with van der Waals surface area (Å²) in [7, 11) is 1.41. The summed E-state index contributed by atoms with van der Waals surface area (Å²) >= 11 is 0. The van der Waals surface area contributed by atoms with Gasteiger partial charge in [0.1, 0.15) is 0 Å². The topological polar surface area (TPSA) is 26.3 Å². The second kappa shape index (κ2) is 3.37. The van der Waals surface area contributed by atoms with Gasteiger partial charge in [0.2, 0.25) is 0 Å². The van der Waals surface area contributed by atoms with Crippen molar-refractivity contribution in [2.45, 2.75) is 12.8 Å². The molecular weight excluding hydrogens is 140 g/mol. The molecule has 0 amide bonds. The summed E-state index contributed by atoms with van der Waals surface area (Å²) in [5.41, 5.74) is 1.10. The van der Waals surface area contributed by atoms with Gasteiger partial charge in [-0.05, 0) is 12.8 Å². The molecule has 2 nitrogen and oxygen atoms in total. The van der Waals surface area contributed by atoms with Gasteiger partial charge in [0.25, 0.3) is 0 Å². The molecule has 0 heterocycles. The molecular formula is C9H12O2. The van der Waals surface area contributed by atoms with Crippen LogP contribution in [0.4, 0.5) is 0 Å². The molecule has 0 aromatic heterocycles. The van der Waals surface area contributed by atoms with Crippen molar-refractivity contribution in [3.63, 3.8) is 0 Å². The van der Waals surface area contributed by atoms with E-state index in [9.17, 15) is 4.79 Å². The van der Waals surface area contributed by atoms with E-state index >= 15 is 0 Å². The van der Waals surface area contributed by atoms with Crippen LogP contribution in [0.3, 0.4) is 0 Å². The van der Waals surface area contributed by atoms with E-state index in [2.05, 4.69) is 11.3 Å². The molecule has 1 unspecified atom stereocenters. The monoisotopic (exact) mass is 152 g/mol. The quantitative estimate of drug-likeness (QED) is 0.422. The van der Waals surface area contributed by atoms with Gasteiger partial charge in [-0.25, -0.2) is 0 Å². The lowest BCUT2D eigenvalue weighted by Crippen LogP contribution is -2.16. The Morgan fingerprint density at radius 1 is 1.82 bits per heavy atom. The number of methoxy groups -OCH3 is 1. The molecule has 11 heavy (non-hydrogen) atoms. The highest BCUT2D eigenvalue weighted by Crippen LogP contribution is 2.21. The van der Waals surface area contributed by atoms with Crippen molar-refractivity contribution >= 4 is 5.97 Å². The molecule has 0 saturated heterocycles. The summed E-state index contributed by atoms with van der Waals surface area (Å²) in [6.45, 7) is 3.82. The number of carbonyl (C=O) groups is 1. The van der Waals surface area contributed by atoms with E-state index in [1.807, 2.05) is 12.2 Å². The van der Waals surface area contributed by atoms with Gasteiger partial charge >= 0.3 is 5.97 Å². The summed E-state index contributed by atoms with van der Waals surface area (Å²) < 4.78 is 4.61. The van der Waals surface area contributed by atoms with E-state index in [-0.39, 0.29) is 11.9 Å². The highest BCUT2D eigenvalue weighted by Gasteiger charge is 2.18. The molecule has 0 N–H and O–H groups in total. The third-order valence-corrected chi connectivity index (χ3v) is 1.79. The molecule has 1 rings (SSSR count). The maximum Gasteiger partial charge on any atom is 0.312 e. The van der Waals surface area contributed by atoms with Crippen LogP contribution >= 0.6 is 0 Å². The van der Waals surface area contributed by atoms with E-state index in [1.54, 1.807) is 0 Å². The average Bonchev–Trinajstić information content (AvgIpc) is 2.03. The first kappa shape index (κ1) is 8.05. The van der Waals surface area contributed by atoms with Crippen molar-refractivity contribution < 1.29 is 9.53 Å². The van der Waals surface area contributed by atoms with Gasteiger partial charge in [-0.3, -0.25) is 4.79 Å². The Balaban J connectivity index is 2.59. The van der Waals surface area contributed by atoms with E-state index in [0.717, 1.165) is 18.4 Å². The smallest absolute Gasteiger partial charge is 0.312 e. The predicted octanol–water partition coefficient (Wildman–Crippen LogP) is 1.68. The van der Waals surface area contributed by atoms with E-state index in [1.165, 1.54) is 7.11 Å². The van der Waals surface area contributed by atoms with Crippen LogP contribution < -0.4 is 0 Å². The number of rotatable bonds is 1. The zero-order chi connectivity index (χ0) is 8.27. The molecule has 2 heteroatoms. The average molecular weight is 152 g/mol. The molecule has 0 radical (unpaired) electrons. The second-order valence-electron chi connectivity index (χ2n) is 2.72. The number of hydrogen-bond acceptors (Lipinski definition) is 2. The van der Waals surface area contributed by atoms with Gasteiger partial charge in [-0.15, -0.1) is 0 Å². The molecule has 0 saturated carbocycles. The van der Waals surface area contributed by atoms with E-state index in [0.29, 0.717) is 0 Å². The summed E-state index contributed by atoms with van der Waals surface area (Å²) in [4.78, 5) is 11.0. The van der Waals surface area contributed by atoms with Crippen molar-refractivity contribution in [2.75, 3.05) is 7.11 Å². The Labute approximate surface area is 66.5 Å². The number of hydrogen-bond donors (Lipinski definition) is 0. The van der Waals surface area contributed by atoms with Crippen LogP contribution in [0.2, 0.25) is 0 Å². The maximum atomic E-state index is 11.0. The van der Waals surface area contributed by atoms with E-state index < -0.39 is 0 Å². The summed E-state index contributed by atoms with van der Waals surface area (Å²) in [6.07, 6.45) is 5.49. The Bertz CT molecular complexity index is 204. The van der Waals surface area contributed by atoms with Crippen molar-refractivity contribution in [3.8, 4) is 0 Å². The van der Waals surface area contributed by atoms with Crippen molar-refractivity contribution in [2.24, 2.45) is 5.92 Å². The lowest BCUT2D eigenvalue weighted by atomic mass is 9.93. The number of esters is 1. The first-order chi connectivity index (χ1) is 5.24. The Morgan fingerprint density at radius 2 is 2.55 bits per heavy atom. The lowest BCUT2D eigenvalue weighted by molar-refractivity contribution is -0.143. The van der Waals surface area contributed by atoms with Crippen molar-refractivity contribution in [1.29, 1.82) is 0 Å². The third kappa shape index (κ3) is 1.93. The van der Waals surface area contributed by atoms with Gasteiger partial charge in [0.05, 0.1) is 13.0 Å². The van der Waals surface area contributed by atoms with Crippen LogP contribution in [0.15, 0.2) is 24.3 Å². The molecule has 0 aromatic carbocycles. The first-order valence-electron chi connectivity index (χ1n) is 3.65. The van der Waals surface area contributed by atoms with E-state index in [4.69, 9.17) is 0 Å². The predicted molar refractivity (Wildman–Crippen MR) is 43.0 cm³/mol. The molecule has 0 aromatic rings. The van der Waals surface area contributed by atoms with Gasteiger partial charge in [0.15, 0.2) is 0 Å². The highest BCUT2D eigenvalue weighted by atomic mass is 16.5. The van der Waals surface area contributed by atoms with Gasteiger partial charge < -0.3 is 4.74 Å². The zero-order valence-corrected chi connectivity index (χ0v) is 6.67. The fraction of sp³-hybridized carbons (Fsp3) is 0.444. The summed E-state index contributed by atoms with van der Waals surface area (Å²) in [5.74, 6) is -0.261. The molecule has 1 atom stereocenters. The zero-order valence-electron chi connectivity index (χ0n) is 6.67. The summed E-state index contributed by atoms with van der Waals surface area (Å²) in [5, 5.41) is 0. The minimum Gasteiger partial charge on any atom is -0.469 e. The van der Waals surface area contributed by atoms with Crippen LogP contribution in [0.25, 0.3) is 0 Å². The van der Waals surface area contributed by atoms with Crippen molar-refractivity contribution in [3.05, 3.63) is 24.3 Å². The SMILES string of the molecule is C=C1CC=CC(C(=O)OC)C1. The van der Waals surface area contributed by atoms with Crippen molar-refractivity contribution in [1.82, 2.24) is 0 Å². The largest absolute Gasteiger partial charge is 0.469 e. The Morgan fingerprint density at radius 3 is 3.09 bits per heavy atom. The lowest BCUT2D eigenvalue weighted by Gasteiger charge is -2.15.